The third-order valence-corrected chi connectivity index (χ3v) is 4.86. The van der Waals surface area contributed by atoms with E-state index in [1.807, 2.05) is 24.3 Å². The van der Waals surface area contributed by atoms with E-state index < -0.39 is 17.5 Å². The highest BCUT2D eigenvalue weighted by Crippen LogP contribution is 2.50. The summed E-state index contributed by atoms with van der Waals surface area (Å²) in [6, 6.07) is 7.88. The van der Waals surface area contributed by atoms with Gasteiger partial charge >= 0.3 is 5.97 Å². The van der Waals surface area contributed by atoms with E-state index in [2.05, 4.69) is 15.9 Å². The van der Waals surface area contributed by atoms with Crippen molar-refractivity contribution in [3.05, 3.63) is 34.3 Å². The van der Waals surface area contributed by atoms with Gasteiger partial charge in [0.05, 0.1) is 24.5 Å². The van der Waals surface area contributed by atoms with E-state index in [1.54, 1.807) is 4.90 Å². The largest absolute Gasteiger partial charge is 0.481 e. The van der Waals surface area contributed by atoms with Crippen LogP contribution in [0.25, 0.3) is 0 Å². The smallest absolute Gasteiger partial charge is 0.306 e. The fourth-order valence-corrected chi connectivity index (χ4v) is 3.46. The van der Waals surface area contributed by atoms with E-state index in [0.29, 0.717) is 19.7 Å². The Balaban J connectivity index is 1.74. The molecule has 0 spiro atoms. The maximum absolute atomic E-state index is 12.9. The Morgan fingerprint density at radius 2 is 2.18 bits per heavy atom. The first-order valence-corrected chi connectivity index (χ1v) is 8.19. The van der Waals surface area contributed by atoms with Crippen LogP contribution in [0.4, 0.5) is 0 Å². The number of halogens is 1. The maximum atomic E-state index is 12.9. The van der Waals surface area contributed by atoms with E-state index in [1.165, 1.54) is 0 Å². The van der Waals surface area contributed by atoms with Crippen LogP contribution < -0.4 is 0 Å². The molecule has 118 valence electrons. The second kappa shape index (κ2) is 6.01. The Bertz CT molecular complexity index is 600. The fourth-order valence-electron chi connectivity index (χ4n) is 3.06. The van der Waals surface area contributed by atoms with Gasteiger partial charge in [0, 0.05) is 17.6 Å². The summed E-state index contributed by atoms with van der Waals surface area (Å²) >= 11 is 3.45. The van der Waals surface area contributed by atoms with Gasteiger partial charge in [0.1, 0.15) is 0 Å². The molecule has 1 amide bonds. The van der Waals surface area contributed by atoms with E-state index in [0.717, 1.165) is 22.9 Å². The molecule has 1 heterocycles. The Kier molecular flexibility index (Phi) is 4.23. The number of carboxylic acid groups (broad SMARTS) is 1. The number of benzene rings is 1. The number of hydrogen-bond acceptors (Lipinski definition) is 3. The Morgan fingerprint density at radius 3 is 2.82 bits per heavy atom. The van der Waals surface area contributed by atoms with E-state index in [9.17, 15) is 9.59 Å². The quantitative estimate of drug-likeness (QED) is 0.885. The number of amides is 1. The first kappa shape index (κ1) is 15.5. The number of aliphatic carboxylic acids is 1. The standard InChI is InChI=1S/C16H18BrNO4/c17-12-3-1-2-11(8-12)16(4-5-16)15(21)18-6-7-22-13(10-18)9-14(19)20/h1-3,8,13H,4-7,9-10H2,(H,19,20). The average molecular weight is 368 g/mol. The molecule has 0 aromatic heterocycles. The first-order chi connectivity index (χ1) is 10.5. The van der Waals surface area contributed by atoms with Gasteiger partial charge in [-0.3, -0.25) is 9.59 Å². The molecule has 2 aliphatic rings. The van der Waals surface area contributed by atoms with Crippen LogP contribution >= 0.6 is 15.9 Å². The predicted octanol–water partition coefficient (Wildman–Crippen LogP) is 2.18. The fraction of sp³-hybridized carbons (Fsp3) is 0.500. The van der Waals surface area contributed by atoms with Crippen LogP contribution in [0.5, 0.6) is 0 Å². The number of nitrogens with zero attached hydrogens (tertiary/aromatic N) is 1. The van der Waals surface area contributed by atoms with E-state index >= 15 is 0 Å². The van der Waals surface area contributed by atoms with Gasteiger partial charge in [-0.2, -0.15) is 0 Å². The molecule has 1 aliphatic heterocycles. The van der Waals surface area contributed by atoms with Crippen molar-refractivity contribution in [2.45, 2.75) is 30.8 Å². The van der Waals surface area contributed by atoms with Crippen molar-refractivity contribution in [2.24, 2.45) is 0 Å². The van der Waals surface area contributed by atoms with Gasteiger partial charge in [0.15, 0.2) is 0 Å². The lowest BCUT2D eigenvalue weighted by Gasteiger charge is -2.35. The molecule has 1 saturated carbocycles. The average Bonchev–Trinajstić information content (AvgIpc) is 3.28. The minimum Gasteiger partial charge on any atom is -0.481 e. The minimum absolute atomic E-state index is 0.0618. The molecule has 3 rings (SSSR count). The van der Waals surface area contributed by atoms with Gasteiger partial charge in [-0.15, -0.1) is 0 Å². The molecule has 1 aromatic rings. The zero-order valence-electron chi connectivity index (χ0n) is 12.1. The molecule has 0 radical (unpaired) electrons. The summed E-state index contributed by atoms with van der Waals surface area (Å²) in [5.41, 5.74) is 0.614. The molecule has 0 bridgehead atoms. The van der Waals surface area contributed by atoms with Gasteiger partial charge in [0.2, 0.25) is 5.91 Å². The SMILES string of the molecule is O=C(O)CC1CN(C(=O)C2(c3cccc(Br)c3)CC2)CCO1. The zero-order chi connectivity index (χ0) is 15.7. The summed E-state index contributed by atoms with van der Waals surface area (Å²) in [7, 11) is 0. The van der Waals surface area contributed by atoms with Crippen LogP contribution in [0.15, 0.2) is 28.7 Å². The molecule has 1 aromatic carbocycles. The third kappa shape index (κ3) is 3.03. The second-order valence-electron chi connectivity index (χ2n) is 5.93. The predicted molar refractivity (Wildman–Crippen MR) is 83.6 cm³/mol. The molecular formula is C16H18BrNO4. The summed E-state index contributed by atoms with van der Waals surface area (Å²) in [4.78, 5) is 25.5. The van der Waals surface area contributed by atoms with Gasteiger partial charge in [-0.25, -0.2) is 0 Å². The lowest BCUT2D eigenvalue weighted by Crippen LogP contribution is -2.49. The van der Waals surface area contributed by atoms with Gasteiger partial charge in [-0.05, 0) is 30.5 Å². The van der Waals surface area contributed by atoms with Gasteiger partial charge in [-0.1, -0.05) is 28.1 Å². The molecule has 2 fully saturated rings. The van der Waals surface area contributed by atoms with Crippen LogP contribution in [-0.4, -0.2) is 47.7 Å². The highest BCUT2D eigenvalue weighted by Gasteiger charge is 2.53. The second-order valence-corrected chi connectivity index (χ2v) is 6.85. The normalized spacial score (nSPS) is 23.1. The number of ether oxygens (including phenoxy) is 1. The number of morpholine rings is 1. The molecule has 1 atom stereocenters. The van der Waals surface area contributed by atoms with Crippen molar-refractivity contribution >= 4 is 27.8 Å². The maximum Gasteiger partial charge on any atom is 0.306 e. The Hall–Kier alpha value is -1.40. The highest BCUT2D eigenvalue weighted by atomic mass is 79.9. The monoisotopic (exact) mass is 367 g/mol. The van der Waals surface area contributed by atoms with Crippen molar-refractivity contribution in [3.63, 3.8) is 0 Å². The molecule has 22 heavy (non-hydrogen) atoms. The topological polar surface area (TPSA) is 66.8 Å². The minimum atomic E-state index is -0.896. The number of carbonyl (C=O) groups is 2. The first-order valence-electron chi connectivity index (χ1n) is 7.40. The van der Waals surface area contributed by atoms with Crippen molar-refractivity contribution < 1.29 is 19.4 Å². The van der Waals surface area contributed by atoms with E-state index in [-0.39, 0.29) is 12.3 Å². The lowest BCUT2D eigenvalue weighted by molar-refractivity contribution is -0.149. The summed E-state index contributed by atoms with van der Waals surface area (Å²) < 4.78 is 6.41. The van der Waals surface area contributed by atoms with Crippen LogP contribution in [0.2, 0.25) is 0 Å². The molecule has 1 N–H and O–H groups in total. The number of carboxylic acids is 1. The highest BCUT2D eigenvalue weighted by molar-refractivity contribution is 9.10. The van der Waals surface area contributed by atoms with Gasteiger partial charge < -0.3 is 14.7 Å². The Labute approximate surface area is 137 Å². The molecular weight excluding hydrogens is 350 g/mol. The molecule has 5 nitrogen and oxygen atoms in total. The zero-order valence-corrected chi connectivity index (χ0v) is 13.7. The van der Waals surface area contributed by atoms with Crippen molar-refractivity contribution in [3.8, 4) is 0 Å². The number of carbonyl (C=O) groups excluding carboxylic acids is 1. The van der Waals surface area contributed by atoms with E-state index in [4.69, 9.17) is 9.84 Å². The number of hydrogen-bond donors (Lipinski definition) is 1. The Morgan fingerprint density at radius 1 is 1.41 bits per heavy atom. The van der Waals surface area contributed by atoms with Crippen molar-refractivity contribution in [1.82, 2.24) is 4.90 Å². The molecule has 1 aliphatic carbocycles. The summed E-state index contributed by atoms with van der Waals surface area (Å²) in [5, 5.41) is 8.88. The summed E-state index contributed by atoms with van der Waals surface area (Å²) in [6.45, 7) is 1.30. The third-order valence-electron chi connectivity index (χ3n) is 4.36. The van der Waals surface area contributed by atoms with Crippen molar-refractivity contribution in [2.75, 3.05) is 19.7 Å². The summed E-state index contributed by atoms with van der Waals surface area (Å²) in [5.74, 6) is -0.795. The lowest BCUT2D eigenvalue weighted by atomic mass is 9.94. The van der Waals surface area contributed by atoms with Crippen LogP contribution in [0.3, 0.4) is 0 Å². The number of rotatable bonds is 4. The molecule has 6 heteroatoms. The molecule has 1 unspecified atom stereocenters. The molecule has 1 saturated heterocycles. The van der Waals surface area contributed by atoms with Crippen LogP contribution in [0.1, 0.15) is 24.8 Å². The summed E-state index contributed by atoms with van der Waals surface area (Å²) in [6.07, 6.45) is 1.23. The van der Waals surface area contributed by atoms with Crippen LogP contribution in [-0.2, 0) is 19.7 Å². The van der Waals surface area contributed by atoms with Crippen molar-refractivity contribution in [1.29, 1.82) is 0 Å². The van der Waals surface area contributed by atoms with Crippen LogP contribution in [0, 0.1) is 0 Å². The van der Waals surface area contributed by atoms with Gasteiger partial charge in [0.25, 0.3) is 0 Å².